The van der Waals surface area contributed by atoms with Crippen LogP contribution >= 0.6 is 0 Å². The van der Waals surface area contributed by atoms with Gasteiger partial charge in [0.25, 0.3) is 0 Å². The first-order chi connectivity index (χ1) is 18.0. The summed E-state index contributed by atoms with van der Waals surface area (Å²) in [4.78, 5) is 12.8. The Hall–Kier alpha value is -3.92. The van der Waals surface area contributed by atoms with E-state index in [1.807, 2.05) is 36.9 Å². The number of nitrogens with zero attached hydrogens (tertiary/aromatic N) is 4. The fraction of sp³-hybridized carbons (Fsp3) is 0.333. The Morgan fingerprint density at radius 2 is 1.86 bits per heavy atom. The largest absolute Gasteiger partial charge is 0.486 e. The molecule has 0 spiro atoms. The van der Waals surface area contributed by atoms with Crippen LogP contribution in [0.15, 0.2) is 47.0 Å². The third kappa shape index (κ3) is 4.53. The van der Waals surface area contributed by atoms with Crippen molar-refractivity contribution in [1.82, 2.24) is 15.3 Å². The summed E-state index contributed by atoms with van der Waals surface area (Å²) in [7, 11) is 0. The number of fused-ring (bicyclic) bond motifs is 2. The van der Waals surface area contributed by atoms with Crippen LogP contribution in [0, 0.1) is 11.6 Å². The molecule has 192 valence electrons. The summed E-state index contributed by atoms with van der Waals surface area (Å²) in [6.07, 6.45) is 1.07. The van der Waals surface area contributed by atoms with E-state index < -0.39 is 11.6 Å². The first-order valence-corrected chi connectivity index (χ1v) is 12.5. The van der Waals surface area contributed by atoms with Crippen molar-refractivity contribution in [1.29, 1.82) is 0 Å². The van der Waals surface area contributed by atoms with E-state index in [2.05, 4.69) is 31.6 Å². The molecular weight excluding hydrogens is 478 g/mol. The number of rotatable bonds is 5. The van der Waals surface area contributed by atoms with Gasteiger partial charge in [-0.1, -0.05) is 0 Å². The third-order valence-corrected chi connectivity index (χ3v) is 6.77. The Kier molecular flexibility index (Phi) is 6.03. The molecule has 6 rings (SSSR count). The number of hydrogen-bond donors (Lipinski definition) is 2. The van der Waals surface area contributed by atoms with Crippen LogP contribution in [0.3, 0.4) is 0 Å². The van der Waals surface area contributed by atoms with Crippen molar-refractivity contribution in [3.05, 3.63) is 54.2 Å². The predicted octanol–water partition coefficient (Wildman–Crippen LogP) is 4.93. The van der Waals surface area contributed by atoms with Crippen molar-refractivity contribution >= 4 is 34.2 Å². The van der Waals surface area contributed by atoms with Crippen LogP contribution in [0.4, 0.5) is 32.0 Å². The molecule has 1 saturated heterocycles. The minimum Gasteiger partial charge on any atom is -0.486 e. The highest BCUT2D eigenvalue weighted by Crippen LogP contribution is 2.39. The molecule has 4 heterocycles. The fourth-order valence-electron chi connectivity index (χ4n) is 4.92. The number of nitrogens with one attached hydrogen (secondary N) is 2. The lowest BCUT2D eigenvalue weighted by Gasteiger charge is -2.34. The highest BCUT2D eigenvalue weighted by molar-refractivity contribution is 5.85. The van der Waals surface area contributed by atoms with E-state index in [4.69, 9.17) is 9.15 Å². The van der Waals surface area contributed by atoms with Gasteiger partial charge in [0.15, 0.2) is 17.4 Å². The quantitative estimate of drug-likeness (QED) is 0.395. The summed E-state index contributed by atoms with van der Waals surface area (Å²) in [6, 6.07) is 11.0. The molecule has 0 aliphatic carbocycles. The maximum atomic E-state index is 15.0. The van der Waals surface area contributed by atoms with Gasteiger partial charge >= 0.3 is 0 Å². The molecule has 4 aromatic rings. The number of piperazine rings is 1. The zero-order chi connectivity index (χ0) is 25.5. The summed E-state index contributed by atoms with van der Waals surface area (Å²) in [6.45, 7) is 8.83. The zero-order valence-corrected chi connectivity index (χ0v) is 20.7. The second-order valence-electron chi connectivity index (χ2n) is 9.53. The molecule has 2 N–H and O–H groups in total. The Morgan fingerprint density at radius 1 is 1.03 bits per heavy atom. The lowest BCUT2D eigenvalue weighted by atomic mass is 10.1. The van der Waals surface area contributed by atoms with Crippen LogP contribution < -0.4 is 25.2 Å². The standard InChI is InChI=1S/C27H28F2N6O2/c1-16(2)35-9-10-36-26-20(28)11-18(12-22(26)35)25-21(29)15-31-27(33-25)32-24-13-17-3-4-19(14-23(17)37-24)34-7-5-30-6-8-34/h3-4,11-16,30H,5-10H2,1-2H3,(H,31,32,33). The molecule has 0 atom stereocenters. The lowest BCUT2D eigenvalue weighted by Crippen LogP contribution is -2.43. The van der Waals surface area contributed by atoms with Gasteiger partial charge in [-0.05, 0) is 38.1 Å². The van der Waals surface area contributed by atoms with Crippen molar-refractivity contribution in [2.75, 3.05) is 54.4 Å². The minimum absolute atomic E-state index is 0.00872. The number of anilines is 4. The molecule has 0 radical (unpaired) electrons. The van der Waals surface area contributed by atoms with E-state index >= 15 is 0 Å². The van der Waals surface area contributed by atoms with E-state index in [0.29, 0.717) is 30.3 Å². The second kappa shape index (κ2) is 9.51. The van der Waals surface area contributed by atoms with Gasteiger partial charge < -0.3 is 24.3 Å². The van der Waals surface area contributed by atoms with E-state index in [1.54, 1.807) is 6.07 Å². The molecule has 0 saturated carbocycles. The SMILES string of the molecule is CC(C)N1CCOc2c(F)cc(-c3nc(Nc4cc5ccc(N6CCNCC6)cc5o4)ncc3F)cc21. The average Bonchev–Trinajstić information content (AvgIpc) is 3.31. The summed E-state index contributed by atoms with van der Waals surface area (Å²) in [5, 5.41) is 7.30. The topological polar surface area (TPSA) is 78.7 Å². The minimum atomic E-state index is -0.650. The van der Waals surface area contributed by atoms with Crippen molar-refractivity contribution in [2.45, 2.75) is 19.9 Å². The van der Waals surface area contributed by atoms with Gasteiger partial charge in [-0.15, -0.1) is 0 Å². The average molecular weight is 507 g/mol. The molecule has 10 heteroatoms. The van der Waals surface area contributed by atoms with Crippen LogP contribution in [-0.2, 0) is 0 Å². The smallest absolute Gasteiger partial charge is 0.230 e. The maximum absolute atomic E-state index is 15.0. The van der Waals surface area contributed by atoms with Crippen LogP contribution in [0.2, 0.25) is 0 Å². The number of furan rings is 1. The molecule has 2 aromatic heterocycles. The molecule has 8 nitrogen and oxygen atoms in total. The van der Waals surface area contributed by atoms with E-state index in [9.17, 15) is 8.78 Å². The summed E-state index contributed by atoms with van der Waals surface area (Å²) < 4.78 is 41.4. The third-order valence-electron chi connectivity index (χ3n) is 6.77. The second-order valence-corrected chi connectivity index (χ2v) is 9.53. The molecule has 1 fully saturated rings. The lowest BCUT2D eigenvalue weighted by molar-refractivity contribution is 0.287. The number of ether oxygens (including phenoxy) is 1. The summed E-state index contributed by atoms with van der Waals surface area (Å²) in [5.74, 6) is -0.446. The van der Waals surface area contributed by atoms with Crippen molar-refractivity contribution in [3.8, 4) is 17.0 Å². The Bertz CT molecular complexity index is 1450. The van der Waals surface area contributed by atoms with E-state index in [1.165, 1.54) is 6.07 Å². The van der Waals surface area contributed by atoms with Gasteiger partial charge in [0, 0.05) is 61.0 Å². The molecule has 0 bridgehead atoms. The van der Waals surface area contributed by atoms with Crippen LogP contribution in [0.25, 0.3) is 22.2 Å². The summed E-state index contributed by atoms with van der Waals surface area (Å²) >= 11 is 0. The molecule has 0 amide bonds. The Balaban J connectivity index is 1.30. The summed E-state index contributed by atoms with van der Waals surface area (Å²) in [5.41, 5.74) is 2.71. The first kappa shape index (κ1) is 23.5. The number of benzene rings is 2. The molecule has 2 aliphatic rings. The molecule has 2 aliphatic heterocycles. The highest BCUT2D eigenvalue weighted by atomic mass is 19.1. The van der Waals surface area contributed by atoms with Gasteiger partial charge in [-0.25, -0.2) is 18.7 Å². The van der Waals surface area contributed by atoms with Crippen molar-refractivity contribution < 1.29 is 17.9 Å². The first-order valence-electron chi connectivity index (χ1n) is 12.5. The predicted molar refractivity (Wildman–Crippen MR) is 140 cm³/mol. The number of halogens is 2. The van der Waals surface area contributed by atoms with Gasteiger partial charge in [0.1, 0.15) is 17.9 Å². The fourth-order valence-corrected chi connectivity index (χ4v) is 4.92. The van der Waals surface area contributed by atoms with Crippen LogP contribution in [0.5, 0.6) is 5.75 Å². The molecule has 0 unspecified atom stereocenters. The Morgan fingerprint density at radius 3 is 2.68 bits per heavy atom. The maximum Gasteiger partial charge on any atom is 0.230 e. The van der Waals surface area contributed by atoms with Crippen LogP contribution in [-0.4, -0.2) is 55.3 Å². The van der Waals surface area contributed by atoms with Gasteiger partial charge in [0.2, 0.25) is 11.8 Å². The molecule has 37 heavy (non-hydrogen) atoms. The Labute approximate surface area is 213 Å². The highest BCUT2D eigenvalue weighted by Gasteiger charge is 2.26. The normalized spacial score (nSPS) is 15.7. The monoisotopic (exact) mass is 506 g/mol. The zero-order valence-electron chi connectivity index (χ0n) is 20.7. The number of aromatic nitrogens is 2. The van der Waals surface area contributed by atoms with Crippen molar-refractivity contribution in [2.24, 2.45) is 0 Å². The van der Waals surface area contributed by atoms with Gasteiger partial charge in [-0.2, -0.15) is 0 Å². The number of hydrogen-bond acceptors (Lipinski definition) is 8. The molecular formula is C27H28F2N6O2. The molecule has 2 aromatic carbocycles. The van der Waals surface area contributed by atoms with E-state index in [-0.39, 0.29) is 23.4 Å². The van der Waals surface area contributed by atoms with Crippen molar-refractivity contribution in [3.63, 3.8) is 0 Å². The van der Waals surface area contributed by atoms with Crippen LogP contribution in [0.1, 0.15) is 13.8 Å². The van der Waals surface area contributed by atoms with Gasteiger partial charge in [0.05, 0.1) is 18.4 Å². The van der Waals surface area contributed by atoms with Gasteiger partial charge in [-0.3, -0.25) is 5.32 Å². The van der Waals surface area contributed by atoms with E-state index in [0.717, 1.165) is 49.0 Å².